The van der Waals surface area contributed by atoms with Crippen LogP contribution in [0.2, 0.25) is 0 Å². The quantitative estimate of drug-likeness (QED) is 0.863. The van der Waals surface area contributed by atoms with Gasteiger partial charge in [-0.05, 0) is 37.3 Å². The zero-order valence-corrected chi connectivity index (χ0v) is 13.5. The summed E-state index contributed by atoms with van der Waals surface area (Å²) >= 11 is 0. The first-order valence-electron chi connectivity index (χ1n) is 8.20. The van der Waals surface area contributed by atoms with E-state index in [1.807, 2.05) is 31.2 Å². The summed E-state index contributed by atoms with van der Waals surface area (Å²) in [5.41, 5.74) is 2.02. The Hall–Kier alpha value is -1.35. The number of benzene rings is 1. The van der Waals surface area contributed by atoms with E-state index in [0.717, 1.165) is 11.3 Å². The normalized spacial score (nSPS) is 17.7. The summed E-state index contributed by atoms with van der Waals surface area (Å²) in [4.78, 5) is 12.6. The fourth-order valence-electron chi connectivity index (χ4n) is 3.02. The van der Waals surface area contributed by atoms with E-state index in [0.29, 0.717) is 6.04 Å². The van der Waals surface area contributed by atoms with Gasteiger partial charge in [0.25, 0.3) is 0 Å². The monoisotopic (exact) mass is 288 g/mol. The predicted octanol–water partition coefficient (Wildman–Crippen LogP) is 3.88. The zero-order valence-electron chi connectivity index (χ0n) is 13.5. The first kappa shape index (κ1) is 16.0. The van der Waals surface area contributed by atoms with Crippen LogP contribution in [0.15, 0.2) is 24.3 Å². The molecule has 1 aliphatic rings. The van der Waals surface area contributed by atoms with Gasteiger partial charge in [0.15, 0.2) is 0 Å². The number of rotatable bonds is 5. The summed E-state index contributed by atoms with van der Waals surface area (Å²) in [5.74, 6) is 0.376. The molecule has 1 aliphatic carbocycles. The SMILES string of the molecule is Cc1ccccc1NC(=O)[C@@H](NC1CCCCC1)C(C)C. The van der Waals surface area contributed by atoms with Crippen molar-refractivity contribution in [3.63, 3.8) is 0 Å². The third-order valence-electron chi connectivity index (χ3n) is 4.37. The average molecular weight is 288 g/mol. The van der Waals surface area contributed by atoms with Gasteiger partial charge in [-0.3, -0.25) is 4.79 Å². The van der Waals surface area contributed by atoms with Gasteiger partial charge in [-0.1, -0.05) is 51.3 Å². The molecule has 1 atom stereocenters. The largest absolute Gasteiger partial charge is 0.324 e. The van der Waals surface area contributed by atoms with Crippen molar-refractivity contribution in [1.82, 2.24) is 5.32 Å². The highest BCUT2D eigenvalue weighted by Crippen LogP contribution is 2.20. The van der Waals surface area contributed by atoms with Gasteiger partial charge >= 0.3 is 0 Å². The van der Waals surface area contributed by atoms with Gasteiger partial charge in [-0.25, -0.2) is 0 Å². The molecule has 1 amide bonds. The van der Waals surface area contributed by atoms with Crippen molar-refractivity contribution in [3.8, 4) is 0 Å². The topological polar surface area (TPSA) is 41.1 Å². The minimum Gasteiger partial charge on any atom is -0.324 e. The van der Waals surface area contributed by atoms with Gasteiger partial charge in [-0.15, -0.1) is 0 Å². The molecule has 1 aromatic rings. The molecule has 1 aromatic carbocycles. The molecule has 21 heavy (non-hydrogen) atoms. The van der Waals surface area contributed by atoms with Crippen molar-refractivity contribution in [2.45, 2.75) is 65.0 Å². The standard InChI is InChI=1S/C18H28N2O/c1-13(2)17(19-15-10-5-4-6-11-15)18(21)20-16-12-8-7-9-14(16)3/h7-9,12-13,15,17,19H,4-6,10-11H2,1-3H3,(H,20,21)/t17-/m0/s1. The van der Waals surface area contributed by atoms with Crippen LogP contribution in [0.3, 0.4) is 0 Å². The summed E-state index contributed by atoms with van der Waals surface area (Å²) in [7, 11) is 0. The number of amides is 1. The van der Waals surface area contributed by atoms with E-state index in [9.17, 15) is 4.79 Å². The molecule has 0 aliphatic heterocycles. The molecule has 0 aromatic heterocycles. The number of carbonyl (C=O) groups excluding carboxylic acids is 1. The van der Waals surface area contributed by atoms with E-state index in [1.165, 1.54) is 32.1 Å². The number of hydrogen-bond donors (Lipinski definition) is 2. The van der Waals surface area contributed by atoms with Gasteiger partial charge in [-0.2, -0.15) is 0 Å². The highest BCUT2D eigenvalue weighted by molar-refractivity contribution is 5.95. The number of hydrogen-bond acceptors (Lipinski definition) is 2. The van der Waals surface area contributed by atoms with E-state index >= 15 is 0 Å². The van der Waals surface area contributed by atoms with E-state index in [-0.39, 0.29) is 17.9 Å². The Bertz CT molecular complexity index is 464. The van der Waals surface area contributed by atoms with E-state index < -0.39 is 0 Å². The van der Waals surface area contributed by atoms with Crippen LogP contribution < -0.4 is 10.6 Å². The first-order chi connectivity index (χ1) is 10.1. The number of nitrogens with one attached hydrogen (secondary N) is 2. The first-order valence-corrected chi connectivity index (χ1v) is 8.20. The molecule has 2 N–H and O–H groups in total. The molecule has 3 nitrogen and oxygen atoms in total. The van der Waals surface area contributed by atoms with Crippen molar-refractivity contribution in [3.05, 3.63) is 29.8 Å². The number of carbonyl (C=O) groups is 1. The molecule has 0 bridgehead atoms. The average Bonchev–Trinajstić information content (AvgIpc) is 2.48. The second-order valence-corrected chi connectivity index (χ2v) is 6.53. The molecule has 2 rings (SSSR count). The van der Waals surface area contributed by atoms with Crippen LogP contribution in [0, 0.1) is 12.8 Å². The Morgan fingerprint density at radius 1 is 1.14 bits per heavy atom. The van der Waals surface area contributed by atoms with Gasteiger partial charge in [0.1, 0.15) is 0 Å². The molecular weight excluding hydrogens is 260 g/mol. The zero-order chi connectivity index (χ0) is 15.2. The number of anilines is 1. The fourth-order valence-corrected chi connectivity index (χ4v) is 3.02. The molecule has 1 saturated carbocycles. The Morgan fingerprint density at radius 2 is 1.81 bits per heavy atom. The molecule has 3 heteroatoms. The lowest BCUT2D eigenvalue weighted by atomic mass is 9.93. The van der Waals surface area contributed by atoms with Gasteiger partial charge < -0.3 is 10.6 Å². The highest BCUT2D eigenvalue weighted by Gasteiger charge is 2.26. The summed E-state index contributed by atoms with van der Waals surface area (Å²) in [6, 6.07) is 8.31. The second-order valence-electron chi connectivity index (χ2n) is 6.53. The lowest BCUT2D eigenvalue weighted by molar-refractivity contribution is -0.119. The van der Waals surface area contributed by atoms with Crippen LogP contribution in [-0.4, -0.2) is 18.0 Å². The second kappa shape index (κ2) is 7.60. The molecule has 0 spiro atoms. The number of aryl methyl sites for hydroxylation is 1. The van der Waals surface area contributed by atoms with Crippen molar-refractivity contribution < 1.29 is 4.79 Å². The lowest BCUT2D eigenvalue weighted by Crippen LogP contribution is -2.49. The summed E-state index contributed by atoms with van der Waals surface area (Å²) < 4.78 is 0. The van der Waals surface area contributed by atoms with Crippen LogP contribution in [-0.2, 0) is 4.79 Å². The summed E-state index contributed by atoms with van der Waals surface area (Å²) in [6.07, 6.45) is 6.28. The van der Waals surface area contributed by atoms with Crippen LogP contribution in [0.4, 0.5) is 5.69 Å². The minimum atomic E-state index is -0.118. The van der Waals surface area contributed by atoms with Gasteiger partial charge in [0.2, 0.25) is 5.91 Å². The van der Waals surface area contributed by atoms with Crippen LogP contribution in [0.5, 0.6) is 0 Å². The van der Waals surface area contributed by atoms with E-state index in [1.54, 1.807) is 0 Å². The molecule has 0 heterocycles. The van der Waals surface area contributed by atoms with Crippen LogP contribution in [0.1, 0.15) is 51.5 Å². The molecule has 0 radical (unpaired) electrons. The maximum absolute atomic E-state index is 12.6. The summed E-state index contributed by atoms with van der Waals surface area (Å²) in [6.45, 7) is 6.24. The lowest BCUT2D eigenvalue weighted by Gasteiger charge is -2.30. The van der Waals surface area contributed by atoms with Crippen molar-refractivity contribution in [2.75, 3.05) is 5.32 Å². The van der Waals surface area contributed by atoms with Crippen molar-refractivity contribution in [1.29, 1.82) is 0 Å². The molecular formula is C18H28N2O. The maximum atomic E-state index is 12.6. The molecule has 0 unspecified atom stereocenters. The maximum Gasteiger partial charge on any atom is 0.241 e. The van der Waals surface area contributed by atoms with E-state index in [2.05, 4.69) is 24.5 Å². The molecule has 0 saturated heterocycles. The van der Waals surface area contributed by atoms with Crippen LogP contribution >= 0.6 is 0 Å². The third kappa shape index (κ3) is 4.57. The molecule has 1 fully saturated rings. The fraction of sp³-hybridized carbons (Fsp3) is 0.611. The number of para-hydroxylation sites is 1. The van der Waals surface area contributed by atoms with Crippen LogP contribution in [0.25, 0.3) is 0 Å². The third-order valence-corrected chi connectivity index (χ3v) is 4.37. The van der Waals surface area contributed by atoms with Gasteiger partial charge in [0, 0.05) is 11.7 Å². The Labute approximate surface area is 128 Å². The summed E-state index contributed by atoms with van der Waals surface area (Å²) in [5, 5.41) is 6.66. The molecule has 116 valence electrons. The van der Waals surface area contributed by atoms with Crippen molar-refractivity contribution in [2.24, 2.45) is 5.92 Å². The highest BCUT2D eigenvalue weighted by atomic mass is 16.2. The van der Waals surface area contributed by atoms with Crippen molar-refractivity contribution >= 4 is 11.6 Å². The Kier molecular flexibility index (Phi) is 5.80. The predicted molar refractivity (Wildman–Crippen MR) is 88.4 cm³/mol. The van der Waals surface area contributed by atoms with E-state index in [4.69, 9.17) is 0 Å². The Balaban J connectivity index is 2.00. The minimum absolute atomic E-state index is 0.0878. The Morgan fingerprint density at radius 3 is 2.43 bits per heavy atom. The smallest absolute Gasteiger partial charge is 0.241 e. The van der Waals surface area contributed by atoms with Gasteiger partial charge in [0.05, 0.1) is 6.04 Å².